The Morgan fingerprint density at radius 2 is 1.65 bits per heavy atom. The molecule has 0 aromatic heterocycles. The SMILES string of the molecule is CN1CCN(C(=O)C2CCN(C(=O)c3ccc(F)cc3F)CC2)C(c2ccccc2)C1. The van der Waals surface area contributed by atoms with Crippen LogP contribution in [0.5, 0.6) is 0 Å². The van der Waals surface area contributed by atoms with Crippen molar-refractivity contribution in [2.24, 2.45) is 5.92 Å². The van der Waals surface area contributed by atoms with E-state index < -0.39 is 17.5 Å². The van der Waals surface area contributed by atoms with E-state index in [1.165, 1.54) is 6.07 Å². The second kappa shape index (κ2) is 9.14. The largest absolute Gasteiger partial charge is 0.339 e. The summed E-state index contributed by atoms with van der Waals surface area (Å²) in [6, 6.07) is 13.1. The van der Waals surface area contributed by atoms with Crippen LogP contribution in [0.2, 0.25) is 0 Å². The van der Waals surface area contributed by atoms with Gasteiger partial charge in [0.15, 0.2) is 0 Å². The molecule has 1 atom stereocenters. The summed E-state index contributed by atoms with van der Waals surface area (Å²) < 4.78 is 27.1. The van der Waals surface area contributed by atoms with E-state index >= 15 is 0 Å². The van der Waals surface area contributed by atoms with Gasteiger partial charge in [0.25, 0.3) is 5.91 Å². The first kappa shape index (κ1) is 21.4. The summed E-state index contributed by atoms with van der Waals surface area (Å²) in [5.74, 6) is -2.05. The minimum Gasteiger partial charge on any atom is -0.339 e. The number of carbonyl (C=O) groups is 2. The van der Waals surface area contributed by atoms with Crippen molar-refractivity contribution in [3.05, 3.63) is 71.3 Å². The molecule has 0 spiro atoms. The molecule has 7 heteroatoms. The molecule has 0 saturated carbocycles. The van der Waals surface area contributed by atoms with Gasteiger partial charge in [0.05, 0.1) is 11.6 Å². The Morgan fingerprint density at radius 1 is 0.935 bits per heavy atom. The fraction of sp³-hybridized carbons (Fsp3) is 0.417. The average Bonchev–Trinajstić information content (AvgIpc) is 2.79. The highest BCUT2D eigenvalue weighted by atomic mass is 19.1. The van der Waals surface area contributed by atoms with Crippen LogP contribution in [-0.4, -0.2) is 66.3 Å². The Labute approximate surface area is 181 Å². The highest BCUT2D eigenvalue weighted by Gasteiger charge is 2.36. The zero-order valence-electron chi connectivity index (χ0n) is 17.6. The summed E-state index contributed by atoms with van der Waals surface area (Å²) in [6.45, 7) is 3.06. The number of rotatable bonds is 3. The minimum absolute atomic E-state index is 0.0143. The van der Waals surface area contributed by atoms with E-state index in [1.807, 2.05) is 23.1 Å². The summed E-state index contributed by atoms with van der Waals surface area (Å²) in [5.41, 5.74) is 0.996. The van der Waals surface area contributed by atoms with Gasteiger partial charge in [-0.2, -0.15) is 0 Å². The molecule has 164 valence electrons. The van der Waals surface area contributed by atoms with Crippen LogP contribution in [-0.2, 0) is 4.79 Å². The molecule has 2 aromatic rings. The van der Waals surface area contributed by atoms with Crippen LogP contribution in [0.15, 0.2) is 48.5 Å². The van der Waals surface area contributed by atoms with Gasteiger partial charge in [-0.25, -0.2) is 8.78 Å². The normalized spacial score (nSPS) is 20.7. The molecular weight excluding hydrogens is 400 g/mol. The number of hydrogen-bond donors (Lipinski definition) is 0. The maximum atomic E-state index is 14.0. The molecule has 4 rings (SSSR count). The number of hydrogen-bond acceptors (Lipinski definition) is 3. The first-order valence-electron chi connectivity index (χ1n) is 10.7. The zero-order chi connectivity index (χ0) is 22.0. The molecule has 2 aliphatic rings. The molecule has 5 nitrogen and oxygen atoms in total. The first-order valence-corrected chi connectivity index (χ1v) is 10.7. The zero-order valence-corrected chi connectivity index (χ0v) is 17.6. The van der Waals surface area contributed by atoms with Gasteiger partial charge in [0.1, 0.15) is 11.6 Å². The van der Waals surface area contributed by atoms with E-state index in [9.17, 15) is 18.4 Å². The van der Waals surface area contributed by atoms with Crippen molar-refractivity contribution >= 4 is 11.8 Å². The molecule has 0 radical (unpaired) electrons. The van der Waals surface area contributed by atoms with E-state index in [2.05, 4.69) is 24.1 Å². The van der Waals surface area contributed by atoms with E-state index in [4.69, 9.17) is 0 Å². The molecule has 2 saturated heterocycles. The lowest BCUT2D eigenvalue weighted by Crippen LogP contribution is -2.52. The Hall–Kier alpha value is -2.80. The topological polar surface area (TPSA) is 43.9 Å². The number of likely N-dealkylation sites (tertiary alicyclic amines) is 1. The number of carbonyl (C=O) groups excluding carboxylic acids is 2. The van der Waals surface area contributed by atoms with Crippen LogP contribution >= 0.6 is 0 Å². The number of amides is 2. The van der Waals surface area contributed by atoms with Crippen LogP contribution in [0.4, 0.5) is 8.78 Å². The Morgan fingerprint density at radius 3 is 2.32 bits per heavy atom. The van der Waals surface area contributed by atoms with Crippen molar-refractivity contribution in [3.63, 3.8) is 0 Å². The van der Waals surface area contributed by atoms with Gasteiger partial charge < -0.3 is 14.7 Å². The number of likely N-dealkylation sites (N-methyl/N-ethyl adjacent to an activating group) is 1. The van der Waals surface area contributed by atoms with E-state index in [0.29, 0.717) is 32.5 Å². The van der Waals surface area contributed by atoms with Crippen molar-refractivity contribution in [2.75, 3.05) is 39.8 Å². The summed E-state index contributed by atoms with van der Waals surface area (Å²) in [5, 5.41) is 0. The third-order valence-electron chi connectivity index (χ3n) is 6.34. The molecule has 2 aromatic carbocycles. The van der Waals surface area contributed by atoms with Gasteiger partial charge in [-0.3, -0.25) is 9.59 Å². The maximum Gasteiger partial charge on any atom is 0.256 e. The van der Waals surface area contributed by atoms with Gasteiger partial charge in [-0.15, -0.1) is 0 Å². The predicted octanol–water partition coefficient (Wildman–Crippen LogP) is 3.33. The van der Waals surface area contributed by atoms with Gasteiger partial charge in [-0.1, -0.05) is 30.3 Å². The van der Waals surface area contributed by atoms with E-state index in [-0.39, 0.29) is 23.4 Å². The number of benzene rings is 2. The Balaban J connectivity index is 1.42. The lowest BCUT2D eigenvalue weighted by atomic mass is 9.92. The summed E-state index contributed by atoms with van der Waals surface area (Å²) in [4.78, 5) is 31.8. The number of piperidine rings is 1. The molecule has 2 fully saturated rings. The lowest BCUT2D eigenvalue weighted by molar-refractivity contribution is -0.142. The molecule has 31 heavy (non-hydrogen) atoms. The highest BCUT2D eigenvalue weighted by molar-refractivity contribution is 5.94. The highest BCUT2D eigenvalue weighted by Crippen LogP contribution is 2.29. The maximum absolute atomic E-state index is 14.0. The number of halogens is 2. The van der Waals surface area contributed by atoms with Crippen molar-refractivity contribution in [2.45, 2.75) is 18.9 Å². The van der Waals surface area contributed by atoms with Crippen LogP contribution < -0.4 is 0 Å². The second-order valence-corrected chi connectivity index (χ2v) is 8.41. The number of piperazine rings is 1. The predicted molar refractivity (Wildman–Crippen MR) is 113 cm³/mol. The first-order chi connectivity index (χ1) is 14.9. The van der Waals surface area contributed by atoms with Crippen LogP contribution in [0, 0.1) is 17.6 Å². The molecule has 2 amide bonds. The van der Waals surface area contributed by atoms with Crippen molar-refractivity contribution in [3.8, 4) is 0 Å². The number of nitrogens with zero attached hydrogens (tertiary/aromatic N) is 3. The fourth-order valence-electron chi connectivity index (χ4n) is 4.54. The van der Waals surface area contributed by atoms with Crippen molar-refractivity contribution in [1.29, 1.82) is 0 Å². The lowest BCUT2D eigenvalue weighted by Gasteiger charge is -2.43. The molecule has 0 bridgehead atoms. The van der Waals surface area contributed by atoms with Crippen LogP contribution in [0.1, 0.15) is 34.8 Å². The Bertz CT molecular complexity index is 945. The third kappa shape index (κ3) is 4.61. The smallest absolute Gasteiger partial charge is 0.256 e. The molecular formula is C24H27F2N3O2. The molecule has 0 N–H and O–H groups in total. The summed E-state index contributed by atoms with van der Waals surface area (Å²) >= 11 is 0. The minimum atomic E-state index is -0.855. The molecule has 2 aliphatic heterocycles. The molecule has 0 aliphatic carbocycles. The summed E-state index contributed by atoms with van der Waals surface area (Å²) in [7, 11) is 2.07. The van der Waals surface area contributed by atoms with Gasteiger partial charge >= 0.3 is 0 Å². The summed E-state index contributed by atoms with van der Waals surface area (Å²) in [6.07, 6.45) is 1.09. The van der Waals surface area contributed by atoms with Gasteiger partial charge in [0.2, 0.25) is 5.91 Å². The second-order valence-electron chi connectivity index (χ2n) is 8.41. The van der Waals surface area contributed by atoms with E-state index in [1.54, 1.807) is 4.90 Å². The van der Waals surface area contributed by atoms with Gasteiger partial charge in [-0.05, 0) is 37.6 Å². The van der Waals surface area contributed by atoms with Crippen molar-refractivity contribution < 1.29 is 18.4 Å². The third-order valence-corrected chi connectivity index (χ3v) is 6.34. The quantitative estimate of drug-likeness (QED) is 0.755. The Kier molecular flexibility index (Phi) is 6.32. The molecule has 2 heterocycles. The van der Waals surface area contributed by atoms with Gasteiger partial charge in [0, 0.05) is 44.7 Å². The standard InChI is InChI=1S/C24H27F2N3O2/c1-27-13-14-29(22(16-27)17-5-3-2-4-6-17)23(30)18-9-11-28(12-10-18)24(31)20-8-7-19(25)15-21(20)26/h2-8,15,18,22H,9-14,16H2,1H3. The molecule has 1 unspecified atom stereocenters. The monoisotopic (exact) mass is 427 g/mol. The van der Waals surface area contributed by atoms with Crippen LogP contribution in [0.3, 0.4) is 0 Å². The van der Waals surface area contributed by atoms with E-state index in [0.717, 1.165) is 30.8 Å². The van der Waals surface area contributed by atoms with Crippen LogP contribution in [0.25, 0.3) is 0 Å². The average molecular weight is 427 g/mol. The fourth-order valence-corrected chi connectivity index (χ4v) is 4.54. The van der Waals surface area contributed by atoms with Crippen molar-refractivity contribution in [1.82, 2.24) is 14.7 Å².